The summed E-state index contributed by atoms with van der Waals surface area (Å²) in [6.45, 7) is 8.07. The van der Waals surface area contributed by atoms with Crippen molar-refractivity contribution in [3.05, 3.63) is 82.8 Å². The van der Waals surface area contributed by atoms with Gasteiger partial charge in [-0.1, -0.05) is 23.8 Å². The second-order valence-electron chi connectivity index (χ2n) is 9.09. The van der Waals surface area contributed by atoms with E-state index in [-0.39, 0.29) is 31.7 Å². The first-order valence-electron chi connectivity index (χ1n) is 12.6. The fourth-order valence-corrected chi connectivity index (χ4v) is 4.15. The molecule has 196 valence electrons. The van der Waals surface area contributed by atoms with Crippen molar-refractivity contribution in [3.8, 4) is 11.5 Å². The minimum absolute atomic E-state index is 0.0525. The quantitative estimate of drug-likeness (QED) is 0.331. The average molecular weight is 507 g/mol. The lowest BCUT2D eigenvalue weighted by atomic mass is 10.1. The number of carbonyl (C=O) groups is 2. The topological polar surface area (TPSA) is 81.5 Å². The van der Waals surface area contributed by atoms with Gasteiger partial charge < -0.3 is 28.4 Å². The summed E-state index contributed by atoms with van der Waals surface area (Å²) in [4.78, 5) is 30.4. The molecular weight excluding hydrogens is 472 g/mol. The van der Waals surface area contributed by atoms with Crippen LogP contribution in [0.15, 0.2) is 59.0 Å². The molecule has 2 aromatic carbocycles. The SMILES string of the molecule is CCOCCCN(CC(=O)N(Cc1ccc2c(c1)OCO2)Cc1ccc(C)o1)C(=O)c1ccc(C)cc1. The van der Waals surface area contributed by atoms with E-state index in [1.807, 2.05) is 63.2 Å². The van der Waals surface area contributed by atoms with Crippen molar-refractivity contribution in [2.24, 2.45) is 0 Å². The van der Waals surface area contributed by atoms with Gasteiger partial charge in [-0.05, 0) is 69.2 Å². The fraction of sp³-hybridized carbons (Fsp3) is 0.379. The maximum atomic E-state index is 13.7. The molecule has 8 nitrogen and oxygen atoms in total. The minimum Gasteiger partial charge on any atom is -0.464 e. The van der Waals surface area contributed by atoms with Gasteiger partial charge in [0, 0.05) is 31.9 Å². The Balaban J connectivity index is 1.53. The second kappa shape index (κ2) is 12.5. The summed E-state index contributed by atoms with van der Waals surface area (Å²) in [7, 11) is 0. The fourth-order valence-electron chi connectivity index (χ4n) is 4.15. The van der Waals surface area contributed by atoms with Gasteiger partial charge in [-0.25, -0.2) is 0 Å². The van der Waals surface area contributed by atoms with Crippen LogP contribution in [0.5, 0.6) is 11.5 Å². The van der Waals surface area contributed by atoms with Gasteiger partial charge in [0.2, 0.25) is 12.7 Å². The van der Waals surface area contributed by atoms with Gasteiger partial charge in [0.25, 0.3) is 5.91 Å². The normalized spacial score (nSPS) is 12.0. The molecule has 0 fully saturated rings. The summed E-state index contributed by atoms with van der Waals surface area (Å²) < 4.78 is 22.2. The molecule has 1 aliphatic rings. The van der Waals surface area contributed by atoms with Crippen molar-refractivity contribution < 1.29 is 28.2 Å². The van der Waals surface area contributed by atoms with Gasteiger partial charge in [0.05, 0.1) is 6.54 Å². The molecule has 0 atom stereocenters. The number of ether oxygens (including phenoxy) is 3. The van der Waals surface area contributed by atoms with Crippen molar-refractivity contribution in [3.63, 3.8) is 0 Å². The van der Waals surface area contributed by atoms with Crippen LogP contribution in [0, 0.1) is 13.8 Å². The highest BCUT2D eigenvalue weighted by atomic mass is 16.7. The predicted molar refractivity (Wildman–Crippen MR) is 138 cm³/mol. The highest BCUT2D eigenvalue weighted by Gasteiger charge is 2.24. The molecule has 37 heavy (non-hydrogen) atoms. The number of furan rings is 1. The van der Waals surface area contributed by atoms with Crippen LogP contribution in [0.25, 0.3) is 0 Å². The van der Waals surface area contributed by atoms with E-state index in [9.17, 15) is 9.59 Å². The number of benzene rings is 2. The van der Waals surface area contributed by atoms with Crippen LogP contribution in [-0.4, -0.2) is 54.7 Å². The molecule has 8 heteroatoms. The summed E-state index contributed by atoms with van der Waals surface area (Å²) in [5.74, 6) is 2.44. The number of fused-ring (bicyclic) bond motifs is 1. The zero-order valence-corrected chi connectivity index (χ0v) is 21.7. The summed E-state index contributed by atoms with van der Waals surface area (Å²) in [5.41, 5.74) is 2.52. The van der Waals surface area contributed by atoms with Gasteiger partial charge >= 0.3 is 0 Å². The molecule has 0 saturated carbocycles. The molecule has 2 amide bonds. The van der Waals surface area contributed by atoms with Crippen LogP contribution in [-0.2, 0) is 22.6 Å². The van der Waals surface area contributed by atoms with Crippen LogP contribution in [0.4, 0.5) is 0 Å². The Hall–Kier alpha value is -3.78. The van der Waals surface area contributed by atoms with E-state index in [4.69, 9.17) is 18.6 Å². The molecule has 0 spiro atoms. The van der Waals surface area contributed by atoms with E-state index < -0.39 is 0 Å². The van der Waals surface area contributed by atoms with Crippen LogP contribution in [0.1, 0.15) is 46.3 Å². The van der Waals surface area contributed by atoms with E-state index in [0.29, 0.717) is 55.5 Å². The molecule has 3 aromatic rings. The van der Waals surface area contributed by atoms with Gasteiger partial charge in [0.1, 0.15) is 18.1 Å². The monoisotopic (exact) mass is 506 g/mol. The lowest BCUT2D eigenvalue weighted by Crippen LogP contribution is -2.43. The number of hydrogen-bond donors (Lipinski definition) is 0. The van der Waals surface area contributed by atoms with Crippen LogP contribution in [0.3, 0.4) is 0 Å². The first-order valence-corrected chi connectivity index (χ1v) is 12.6. The Labute approximate surface area is 217 Å². The first-order chi connectivity index (χ1) is 17.9. The molecule has 0 unspecified atom stereocenters. The Bertz CT molecular complexity index is 1200. The predicted octanol–water partition coefficient (Wildman–Crippen LogP) is 4.72. The van der Waals surface area contributed by atoms with Crippen molar-refractivity contribution in [2.75, 3.05) is 33.1 Å². The molecule has 0 aliphatic carbocycles. The van der Waals surface area contributed by atoms with Crippen molar-refractivity contribution in [1.82, 2.24) is 9.80 Å². The maximum Gasteiger partial charge on any atom is 0.254 e. The number of aryl methyl sites for hydroxylation is 2. The lowest BCUT2D eigenvalue weighted by molar-refractivity contribution is -0.133. The Morgan fingerprint density at radius 3 is 2.43 bits per heavy atom. The van der Waals surface area contributed by atoms with Crippen molar-refractivity contribution in [2.45, 2.75) is 40.3 Å². The maximum absolute atomic E-state index is 13.7. The Morgan fingerprint density at radius 2 is 1.70 bits per heavy atom. The number of amides is 2. The van der Waals surface area contributed by atoms with E-state index in [0.717, 1.165) is 16.9 Å². The number of carbonyl (C=O) groups excluding carboxylic acids is 2. The summed E-state index contributed by atoms with van der Waals surface area (Å²) >= 11 is 0. The molecule has 0 bridgehead atoms. The molecule has 1 aliphatic heterocycles. The van der Waals surface area contributed by atoms with Crippen LogP contribution < -0.4 is 9.47 Å². The summed E-state index contributed by atoms with van der Waals surface area (Å²) in [5, 5.41) is 0. The van der Waals surface area contributed by atoms with Crippen molar-refractivity contribution >= 4 is 11.8 Å². The Morgan fingerprint density at radius 1 is 0.919 bits per heavy atom. The highest BCUT2D eigenvalue weighted by Crippen LogP contribution is 2.33. The summed E-state index contributed by atoms with van der Waals surface area (Å²) in [6.07, 6.45) is 0.637. The van der Waals surface area contributed by atoms with Crippen molar-refractivity contribution in [1.29, 1.82) is 0 Å². The third-order valence-corrected chi connectivity index (χ3v) is 6.14. The third-order valence-electron chi connectivity index (χ3n) is 6.14. The van der Waals surface area contributed by atoms with E-state index in [2.05, 4.69) is 0 Å². The molecular formula is C29H34N2O6. The zero-order valence-electron chi connectivity index (χ0n) is 21.7. The molecule has 0 N–H and O–H groups in total. The van der Waals surface area contributed by atoms with Crippen LogP contribution in [0.2, 0.25) is 0 Å². The lowest BCUT2D eigenvalue weighted by Gasteiger charge is -2.27. The van der Waals surface area contributed by atoms with Gasteiger partial charge in [-0.2, -0.15) is 0 Å². The van der Waals surface area contributed by atoms with E-state index in [1.165, 1.54) is 0 Å². The molecule has 2 heterocycles. The van der Waals surface area contributed by atoms with E-state index >= 15 is 0 Å². The molecule has 4 rings (SSSR count). The molecule has 0 radical (unpaired) electrons. The minimum atomic E-state index is -0.179. The smallest absolute Gasteiger partial charge is 0.254 e. The zero-order chi connectivity index (χ0) is 26.2. The number of nitrogens with zero attached hydrogens (tertiary/aromatic N) is 2. The van der Waals surface area contributed by atoms with Gasteiger partial charge in [-0.15, -0.1) is 0 Å². The Kier molecular flexibility index (Phi) is 8.85. The van der Waals surface area contributed by atoms with E-state index in [1.54, 1.807) is 21.9 Å². The largest absolute Gasteiger partial charge is 0.464 e. The second-order valence-corrected chi connectivity index (χ2v) is 9.09. The number of hydrogen-bond acceptors (Lipinski definition) is 6. The molecule has 1 aromatic heterocycles. The average Bonchev–Trinajstić information content (AvgIpc) is 3.53. The highest BCUT2D eigenvalue weighted by molar-refractivity contribution is 5.96. The molecule has 0 saturated heterocycles. The van der Waals surface area contributed by atoms with Crippen LogP contribution >= 0.6 is 0 Å². The van der Waals surface area contributed by atoms with Gasteiger partial charge in [-0.3, -0.25) is 9.59 Å². The third kappa shape index (κ3) is 7.13. The summed E-state index contributed by atoms with van der Waals surface area (Å²) in [6, 6.07) is 16.8. The van der Waals surface area contributed by atoms with Gasteiger partial charge in [0.15, 0.2) is 11.5 Å². The number of rotatable bonds is 12. The standard InChI is InChI=1S/C29H34N2O6/c1-4-34-15-5-14-30(29(33)24-10-6-21(2)7-11-24)19-28(32)31(18-25-12-8-22(3)37-25)17-23-9-13-26-27(16-23)36-20-35-26/h6-13,16H,4-5,14-15,17-20H2,1-3H3. The first kappa shape index (κ1) is 26.3.